The highest BCUT2D eigenvalue weighted by Crippen LogP contribution is 2.33. The van der Waals surface area contributed by atoms with Gasteiger partial charge < -0.3 is 14.4 Å². The summed E-state index contributed by atoms with van der Waals surface area (Å²) in [4.78, 5) is 23.2. The van der Waals surface area contributed by atoms with Crippen molar-refractivity contribution in [3.8, 4) is 28.8 Å². The fourth-order valence-corrected chi connectivity index (χ4v) is 4.77. The molecule has 0 aliphatic rings. The van der Waals surface area contributed by atoms with Crippen molar-refractivity contribution in [1.82, 2.24) is 19.6 Å². The molecule has 2 heterocycles. The minimum atomic E-state index is 0.0375. The molecule has 0 N–H and O–H groups in total. The zero-order valence-electron chi connectivity index (χ0n) is 21.2. The van der Waals surface area contributed by atoms with Crippen LogP contribution in [0, 0.1) is 11.3 Å². The monoisotopic (exact) mass is 582 g/mol. The van der Waals surface area contributed by atoms with E-state index in [1.807, 2.05) is 54.6 Å². The van der Waals surface area contributed by atoms with E-state index in [-0.39, 0.29) is 5.82 Å². The standard InChI is InChI=1S/C29H23BrN6O3/c1-38-23-10-6-19(7-11-23)16-35(17-20-8-12-24(39-2)13-9-20)28-29-32-25(18-37)34-36(29)27(30)26(33-28)22-5-3-4-21(14-22)15-31/h3-14,18H,16-17H2,1-2H3. The van der Waals surface area contributed by atoms with Gasteiger partial charge in [0.1, 0.15) is 21.8 Å². The minimum Gasteiger partial charge on any atom is -0.497 e. The molecular formula is C29H23BrN6O3. The number of aldehydes is 1. The first-order chi connectivity index (χ1) is 19.0. The molecule has 194 valence electrons. The second kappa shape index (κ2) is 11.3. The van der Waals surface area contributed by atoms with Gasteiger partial charge in [0.25, 0.3) is 0 Å². The summed E-state index contributed by atoms with van der Waals surface area (Å²) in [5.74, 6) is 2.09. The Kier molecular flexibility index (Phi) is 7.52. The molecule has 0 unspecified atom stereocenters. The van der Waals surface area contributed by atoms with Crippen molar-refractivity contribution in [3.05, 3.63) is 99.9 Å². The number of carbonyl (C=O) groups excluding carboxylic acids is 1. The van der Waals surface area contributed by atoms with Gasteiger partial charge in [0.2, 0.25) is 5.82 Å². The van der Waals surface area contributed by atoms with Crippen molar-refractivity contribution >= 4 is 33.7 Å². The highest BCUT2D eigenvalue weighted by atomic mass is 79.9. The van der Waals surface area contributed by atoms with Gasteiger partial charge in [0, 0.05) is 18.7 Å². The number of anilines is 1. The second-order valence-electron chi connectivity index (χ2n) is 8.64. The third kappa shape index (κ3) is 5.44. The molecule has 0 radical (unpaired) electrons. The molecule has 0 amide bonds. The van der Waals surface area contributed by atoms with Gasteiger partial charge in [0.15, 0.2) is 17.8 Å². The molecule has 2 aromatic heterocycles. The third-order valence-electron chi connectivity index (χ3n) is 6.16. The summed E-state index contributed by atoms with van der Waals surface area (Å²) in [6.45, 7) is 0.975. The predicted molar refractivity (Wildman–Crippen MR) is 150 cm³/mol. The molecule has 3 aromatic carbocycles. The summed E-state index contributed by atoms with van der Waals surface area (Å²) >= 11 is 3.61. The van der Waals surface area contributed by atoms with Crippen LogP contribution in [-0.2, 0) is 13.1 Å². The molecule has 0 fully saturated rings. The largest absolute Gasteiger partial charge is 0.497 e. The van der Waals surface area contributed by atoms with Crippen LogP contribution in [0.15, 0.2) is 77.4 Å². The van der Waals surface area contributed by atoms with Crippen molar-refractivity contribution in [3.63, 3.8) is 0 Å². The van der Waals surface area contributed by atoms with Crippen molar-refractivity contribution in [2.45, 2.75) is 13.1 Å². The van der Waals surface area contributed by atoms with E-state index < -0.39 is 0 Å². The third-order valence-corrected chi connectivity index (χ3v) is 6.87. The van der Waals surface area contributed by atoms with Crippen LogP contribution in [0.1, 0.15) is 27.3 Å². The number of nitriles is 1. The first-order valence-corrected chi connectivity index (χ1v) is 12.7. The summed E-state index contributed by atoms with van der Waals surface area (Å²) in [5, 5.41) is 13.8. The summed E-state index contributed by atoms with van der Waals surface area (Å²) in [6, 6.07) is 25.0. The Morgan fingerprint density at radius 3 is 2.10 bits per heavy atom. The molecule has 0 spiro atoms. The first-order valence-electron chi connectivity index (χ1n) is 12.0. The molecule has 5 aromatic rings. The molecule has 0 aliphatic heterocycles. The zero-order valence-corrected chi connectivity index (χ0v) is 22.8. The van der Waals surface area contributed by atoms with Crippen LogP contribution in [0.3, 0.4) is 0 Å². The molecule has 0 atom stereocenters. The lowest BCUT2D eigenvalue weighted by Crippen LogP contribution is -2.24. The average molecular weight is 583 g/mol. The van der Waals surface area contributed by atoms with Gasteiger partial charge in [-0.25, -0.2) is 14.5 Å². The van der Waals surface area contributed by atoms with E-state index in [1.54, 1.807) is 36.9 Å². The molecular weight excluding hydrogens is 560 g/mol. The van der Waals surface area contributed by atoms with Crippen LogP contribution in [0.5, 0.6) is 11.5 Å². The molecule has 0 aliphatic carbocycles. The van der Waals surface area contributed by atoms with E-state index in [9.17, 15) is 10.1 Å². The molecule has 9 nitrogen and oxygen atoms in total. The summed E-state index contributed by atoms with van der Waals surface area (Å²) in [7, 11) is 3.26. The molecule has 0 saturated carbocycles. The van der Waals surface area contributed by atoms with Gasteiger partial charge in [-0.15, -0.1) is 5.10 Å². The van der Waals surface area contributed by atoms with E-state index in [1.165, 1.54) is 0 Å². The number of hydrogen-bond donors (Lipinski definition) is 0. The minimum absolute atomic E-state index is 0.0375. The average Bonchev–Trinajstić information content (AvgIpc) is 3.43. The lowest BCUT2D eigenvalue weighted by molar-refractivity contribution is 0.111. The fourth-order valence-electron chi connectivity index (χ4n) is 4.20. The zero-order chi connectivity index (χ0) is 27.4. The van der Waals surface area contributed by atoms with Crippen molar-refractivity contribution in [2.24, 2.45) is 0 Å². The summed E-state index contributed by atoms with van der Waals surface area (Å²) in [5.41, 5.74) is 4.26. The maximum atomic E-state index is 11.7. The van der Waals surface area contributed by atoms with E-state index in [0.29, 0.717) is 46.7 Å². The molecule has 10 heteroatoms. The van der Waals surface area contributed by atoms with Gasteiger partial charge in [-0.1, -0.05) is 36.4 Å². The Balaban J connectivity index is 1.69. The number of benzene rings is 3. The quantitative estimate of drug-likeness (QED) is 0.211. The fraction of sp³-hybridized carbons (Fsp3) is 0.138. The number of hydrogen-bond acceptors (Lipinski definition) is 8. The Morgan fingerprint density at radius 2 is 1.56 bits per heavy atom. The lowest BCUT2D eigenvalue weighted by atomic mass is 10.1. The number of carbonyl (C=O) groups is 1. The van der Waals surface area contributed by atoms with Crippen LogP contribution in [0.4, 0.5) is 5.82 Å². The van der Waals surface area contributed by atoms with Crippen LogP contribution < -0.4 is 14.4 Å². The van der Waals surface area contributed by atoms with Crippen molar-refractivity contribution in [1.29, 1.82) is 5.26 Å². The number of halogens is 1. The van der Waals surface area contributed by atoms with Crippen molar-refractivity contribution in [2.75, 3.05) is 19.1 Å². The Labute approximate surface area is 233 Å². The van der Waals surface area contributed by atoms with Gasteiger partial charge in [-0.05, 0) is 63.5 Å². The van der Waals surface area contributed by atoms with E-state index in [2.05, 4.69) is 37.0 Å². The van der Waals surface area contributed by atoms with Crippen molar-refractivity contribution < 1.29 is 14.3 Å². The first kappa shape index (κ1) is 25.9. The Bertz CT molecular complexity index is 1630. The highest BCUT2D eigenvalue weighted by molar-refractivity contribution is 9.10. The van der Waals surface area contributed by atoms with E-state index in [0.717, 1.165) is 28.2 Å². The van der Waals surface area contributed by atoms with Crippen LogP contribution in [-0.4, -0.2) is 40.1 Å². The molecule has 0 bridgehead atoms. The number of ether oxygens (including phenoxy) is 2. The highest BCUT2D eigenvalue weighted by Gasteiger charge is 2.23. The van der Waals surface area contributed by atoms with Gasteiger partial charge in [-0.3, -0.25) is 4.79 Å². The van der Waals surface area contributed by atoms with Crippen LogP contribution in [0.2, 0.25) is 0 Å². The SMILES string of the molecule is COc1ccc(CN(Cc2ccc(OC)cc2)c2nc(-c3cccc(C#N)c3)c(Br)n3nc(C=O)nc23)cc1. The molecule has 0 saturated heterocycles. The van der Waals surface area contributed by atoms with Gasteiger partial charge in [0.05, 0.1) is 25.9 Å². The summed E-state index contributed by atoms with van der Waals surface area (Å²) in [6.07, 6.45) is 0.608. The molecule has 39 heavy (non-hydrogen) atoms. The maximum absolute atomic E-state index is 11.7. The second-order valence-corrected chi connectivity index (χ2v) is 9.39. The number of nitrogens with zero attached hydrogens (tertiary/aromatic N) is 6. The number of rotatable bonds is 9. The van der Waals surface area contributed by atoms with E-state index >= 15 is 0 Å². The van der Waals surface area contributed by atoms with Gasteiger partial charge >= 0.3 is 0 Å². The smallest absolute Gasteiger partial charge is 0.215 e. The molecule has 5 rings (SSSR count). The Hall–Kier alpha value is -4.75. The summed E-state index contributed by atoms with van der Waals surface area (Å²) < 4.78 is 12.7. The predicted octanol–water partition coefficient (Wildman–Crippen LogP) is 5.46. The lowest BCUT2D eigenvalue weighted by Gasteiger charge is -2.25. The number of methoxy groups -OCH3 is 2. The number of aromatic nitrogens is 4. The van der Waals surface area contributed by atoms with Gasteiger partial charge in [-0.2, -0.15) is 5.26 Å². The normalized spacial score (nSPS) is 10.7. The number of fused-ring (bicyclic) bond motifs is 1. The maximum Gasteiger partial charge on any atom is 0.215 e. The Morgan fingerprint density at radius 1 is 0.949 bits per heavy atom. The van der Waals surface area contributed by atoms with E-state index in [4.69, 9.17) is 14.5 Å². The van der Waals surface area contributed by atoms with Crippen LogP contribution in [0.25, 0.3) is 16.9 Å². The van der Waals surface area contributed by atoms with Crippen LogP contribution >= 0.6 is 15.9 Å². The topological polar surface area (TPSA) is 106 Å².